The van der Waals surface area contributed by atoms with Gasteiger partial charge in [-0.1, -0.05) is 32.0 Å². The highest BCUT2D eigenvalue weighted by Gasteiger charge is 2.21. The summed E-state index contributed by atoms with van der Waals surface area (Å²) in [5.41, 5.74) is 7.33. The molecule has 0 saturated heterocycles. The number of hydrogen-bond donors (Lipinski definition) is 1. The fourth-order valence-electron chi connectivity index (χ4n) is 2.10. The minimum absolute atomic E-state index is 0.0687. The van der Waals surface area contributed by atoms with Crippen molar-refractivity contribution in [3.05, 3.63) is 50.6 Å². The second kappa shape index (κ2) is 6.74. The van der Waals surface area contributed by atoms with Crippen LogP contribution < -0.4 is 10.5 Å². The van der Waals surface area contributed by atoms with Crippen molar-refractivity contribution in [2.45, 2.75) is 38.8 Å². The standard InChI is InChI=1S/C16H20BrNOS/c1-10(2)13-6-4-5-7-14(13)19-16(11(3)18)15-8-12(17)9-20-15/h4-11,16H,18H2,1-3H3. The van der Waals surface area contributed by atoms with E-state index in [1.807, 2.05) is 25.1 Å². The lowest BCUT2D eigenvalue weighted by Gasteiger charge is -2.24. The van der Waals surface area contributed by atoms with Crippen LogP contribution in [0.2, 0.25) is 0 Å². The summed E-state index contributed by atoms with van der Waals surface area (Å²) in [7, 11) is 0. The van der Waals surface area contributed by atoms with Gasteiger partial charge in [-0.2, -0.15) is 0 Å². The van der Waals surface area contributed by atoms with Crippen LogP contribution in [0.4, 0.5) is 0 Å². The maximum atomic E-state index is 6.23. The van der Waals surface area contributed by atoms with Gasteiger partial charge in [-0.3, -0.25) is 0 Å². The van der Waals surface area contributed by atoms with Gasteiger partial charge in [-0.05, 0) is 46.5 Å². The van der Waals surface area contributed by atoms with Crippen LogP contribution >= 0.6 is 27.3 Å². The normalized spacial score (nSPS) is 14.3. The molecule has 0 radical (unpaired) electrons. The Morgan fingerprint density at radius 2 is 1.90 bits per heavy atom. The maximum Gasteiger partial charge on any atom is 0.148 e. The Morgan fingerprint density at radius 3 is 2.45 bits per heavy atom. The fourth-order valence-corrected chi connectivity index (χ4v) is 3.69. The van der Waals surface area contributed by atoms with Crippen LogP contribution in [0.1, 0.15) is 43.2 Å². The molecule has 0 aliphatic carbocycles. The monoisotopic (exact) mass is 353 g/mol. The largest absolute Gasteiger partial charge is 0.483 e. The highest BCUT2D eigenvalue weighted by atomic mass is 79.9. The second-order valence-electron chi connectivity index (χ2n) is 5.26. The Morgan fingerprint density at radius 1 is 1.20 bits per heavy atom. The molecule has 108 valence electrons. The summed E-state index contributed by atoms with van der Waals surface area (Å²) in [5.74, 6) is 1.35. The van der Waals surface area contributed by atoms with Gasteiger partial charge in [-0.25, -0.2) is 0 Å². The number of rotatable bonds is 5. The van der Waals surface area contributed by atoms with E-state index < -0.39 is 0 Å². The first-order valence-corrected chi connectivity index (χ1v) is 8.41. The quantitative estimate of drug-likeness (QED) is 0.811. The summed E-state index contributed by atoms with van der Waals surface area (Å²) in [5, 5.41) is 2.06. The van der Waals surface area contributed by atoms with Crippen molar-refractivity contribution in [2.75, 3.05) is 0 Å². The van der Waals surface area contributed by atoms with Gasteiger partial charge < -0.3 is 10.5 Å². The number of benzene rings is 1. The number of thiophene rings is 1. The van der Waals surface area contributed by atoms with Crippen molar-refractivity contribution >= 4 is 27.3 Å². The number of ether oxygens (including phenoxy) is 1. The van der Waals surface area contributed by atoms with E-state index in [0.717, 1.165) is 15.1 Å². The molecule has 2 rings (SSSR count). The van der Waals surface area contributed by atoms with E-state index in [2.05, 4.69) is 47.3 Å². The molecule has 4 heteroatoms. The van der Waals surface area contributed by atoms with E-state index in [0.29, 0.717) is 5.92 Å². The topological polar surface area (TPSA) is 35.2 Å². The summed E-state index contributed by atoms with van der Waals surface area (Å²) < 4.78 is 7.31. The molecule has 1 aromatic heterocycles. The van der Waals surface area contributed by atoms with Crippen LogP contribution in [0.25, 0.3) is 0 Å². The molecule has 2 aromatic rings. The van der Waals surface area contributed by atoms with Gasteiger partial charge in [-0.15, -0.1) is 11.3 Å². The van der Waals surface area contributed by atoms with Gasteiger partial charge >= 0.3 is 0 Å². The lowest BCUT2D eigenvalue weighted by atomic mass is 10.0. The number of halogens is 1. The van der Waals surface area contributed by atoms with E-state index in [9.17, 15) is 0 Å². The summed E-state index contributed by atoms with van der Waals surface area (Å²) in [6.45, 7) is 6.33. The van der Waals surface area contributed by atoms with E-state index in [4.69, 9.17) is 10.5 Å². The maximum absolute atomic E-state index is 6.23. The van der Waals surface area contributed by atoms with Gasteiger partial charge in [0.1, 0.15) is 11.9 Å². The predicted molar refractivity (Wildman–Crippen MR) is 89.6 cm³/mol. The fraction of sp³-hybridized carbons (Fsp3) is 0.375. The highest BCUT2D eigenvalue weighted by Crippen LogP contribution is 2.34. The summed E-state index contributed by atoms with van der Waals surface area (Å²) in [4.78, 5) is 1.14. The zero-order chi connectivity index (χ0) is 14.7. The van der Waals surface area contributed by atoms with Crippen molar-refractivity contribution in [1.29, 1.82) is 0 Å². The molecule has 0 spiro atoms. The molecule has 2 nitrogen and oxygen atoms in total. The molecule has 2 unspecified atom stereocenters. The third-order valence-corrected chi connectivity index (χ3v) is 4.90. The number of nitrogens with two attached hydrogens (primary N) is 1. The number of hydrogen-bond acceptors (Lipinski definition) is 3. The second-order valence-corrected chi connectivity index (χ2v) is 7.12. The molecule has 1 aromatic carbocycles. The van der Waals surface area contributed by atoms with Crippen molar-refractivity contribution < 1.29 is 4.74 Å². The molecule has 0 amide bonds. The molecule has 2 N–H and O–H groups in total. The van der Waals surface area contributed by atoms with Crippen LogP contribution in [0.5, 0.6) is 5.75 Å². The summed E-state index contributed by atoms with van der Waals surface area (Å²) >= 11 is 5.15. The van der Waals surface area contributed by atoms with Gasteiger partial charge in [0, 0.05) is 20.8 Å². The first-order chi connectivity index (χ1) is 9.49. The first kappa shape index (κ1) is 15.5. The van der Waals surface area contributed by atoms with Crippen LogP contribution in [0.15, 0.2) is 40.2 Å². The lowest BCUT2D eigenvalue weighted by molar-refractivity contribution is 0.182. The first-order valence-electron chi connectivity index (χ1n) is 6.74. The molecule has 0 saturated carbocycles. The lowest BCUT2D eigenvalue weighted by Crippen LogP contribution is -2.28. The van der Waals surface area contributed by atoms with Crippen molar-refractivity contribution in [1.82, 2.24) is 0 Å². The van der Waals surface area contributed by atoms with E-state index in [1.165, 1.54) is 5.56 Å². The van der Waals surface area contributed by atoms with Crippen molar-refractivity contribution in [3.63, 3.8) is 0 Å². The molecular weight excluding hydrogens is 334 g/mol. The molecule has 1 heterocycles. The zero-order valence-corrected chi connectivity index (χ0v) is 14.4. The van der Waals surface area contributed by atoms with Gasteiger partial charge in [0.05, 0.1) is 0 Å². The Labute approximate surface area is 133 Å². The van der Waals surface area contributed by atoms with Gasteiger partial charge in [0.25, 0.3) is 0 Å². The van der Waals surface area contributed by atoms with Crippen LogP contribution in [0.3, 0.4) is 0 Å². The molecule has 0 aliphatic rings. The average Bonchev–Trinajstić information content (AvgIpc) is 2.82. The van der Waals surface area contributed by atoms with E-state index >= 15 is 0 Å². The minimum Gasteiger partial charge on any atom is -0.483 e. The Balaban J connectivity index is 2.30. The molecule has 20 heavy (non-hydrogen) atoms. The third kappa shape index (κ3) is 3.62. The van der Waals surface area contributed by atoms with E-state index in [1.54, 1.807) is 11.3 Å². The van der Waals surface area contributed by atoms with Crippen molar-refractivity contribution in [3.8, 4) is 5.75 Å². The molecule has 2 atom stereocenters. The molecule has 0 aliphatic heterocycles. The highest BCUT2D eigenvalue weighted by molar-refractivity contribution is 9.10. The average molecular weight is 354 g/mol. The molecule has 0 bridgehead atoms. The van der Waals surface area contributed by atoms with Crippen LogP contribution in [-0.4, -0.2) is 6.04 Å². The summed E-state index contributed by atoms with van der Waals surface area (Å²) in [6, 6.07) is 10.2. The van der Waals surface area contributed by atoms with Crippen LogP contribution in [-0.2, 0) is 0 Å². The third-order valence-electron chi connectivity index (χ3n) is 3.14. The van der Waals surface area contributed by atoms with Gasteiger partial charge in [0.2, 0.25) is 0 Å². The zero-order valence-electron chi connectivity index (χ0n) is 12.0. The van der Waals surface area contributed by atoms with Crippen molar-refractivity contribution in [2.24, 2.45) is 5.73 Å². The van der Waals surface area contributed by atoms with E-state index in [-0.39, 0.29) is 12.1 Å². The minimum atomic E-state index is -0.119. The predicted octanol–water partition coefficient (Wildman–Crippen LogP) is 5.10. The molecular formula is C16H20BrNOS. The SMILES string of the molecule is CC(C)c1ccccc1OC(c1cc(Br)cs1)C(C)N. The Bertz CT molecular complexity index is 565. The smallest absolute Gasteiger partial charge is 0.148 e. The van der Waals surface area contributed by atoms with Gasteiger partial charge in [0.15, 0.2) is 0 Å². The Kier molecular flexibility index (Phi) is 5.24. The van der Waals surface area contributed by atoms with Crippen LogP contribution in [0, 0.1) is 0 Å². The number of para-hydroxylation sites is 1. The molecule has 0 fully saturated rings. The Hall–Kier alpha value is -0.840. The summed E-state index contributed by atoms with van der Waals surface area (Å²) in [6.07, 6.45) is -0.119.